The number of carbonyl (C=O) groups is 4. The number of ether oxygens (including phenoxy) is 2. The Morgan fingerprint density at radius 2 is 1.89 bits per heavy atom. The largest absolute Gasteiger partial charge is 0.469 e. The van der Waals surface area contributed by atoms with Gasteiger partial charge in [0.2, 0.25) is 5.88 Å². The number of ketones is 1. The van der Waals surface area contributed by atoms with Crippen molar-refractivity contribution in [3.05, 3.63) is 41.0 Å². The number of Topliss-reactive ketones (excluding diaryl/α,β-unsaturated/α-hetero) is 1. The molecular weight excluding hydrogens is 370 g/mol. The van der Waals surface area contributed by atoms with Crippen LogP contribution in [0.1, 0.15) is 52.5 Å². The highest BCUT2D eigenvalue weighted by molar-refractivity contribution is 6.10. The van der Waals surface area contributed by atoms with Crippen molar-refractivity contribution in [3.8, 4) is 0 Å². The summed E-state index contributed by atoms with van der Waals surface area (Å²) in [7, 11) is 0. The fraction of sp³-hybridized carbons (Fsp3) is 0.368. The molecule has 0 aliphatic carbocycles. The Morgan fingerprint density at radius 3 is 2.50 bits per heavy atom. The molecule has 0 fully saturated rings. The van der Waals surface area contributed by atoms with Crippen LogP contribution in [0.15, 0.2) is 27.2 Å². The van der Waals surface area contributed by atoms with E-state index in [-0.39, 0.29) is 35.8 Å². The minimum atomic E-state index is -0.796. The number of amides is 1. The summed E-state index contributed by atoms with van der Waals surface area (Å²) >= 11 is 0. The van der Waals surface area contributed by atoms with Crippen molar-refractivity contribution in [2.75, 3.05) is 18.5 Å². The first-order valence-corrected chi connectivity index (χ1v) is 8.62. The summed E-state index contributed by atoms with van der Waals surface area (Å²) in [5.74, 6) is -1.94. The molecule has 28 heavy (non-hydrogen) atoms. The van der Waals surface area contributed by atoms with E-state index >= 15 is 0 Å². The molecule has 2 aromatic rings. The van der Waals surface area contributed by atoms with Gasteiger partial charge in [0.1, 0.15) is 17.1 Å². The molecule has 9 heteroatoms. The third kappa shape index (κ3) is 5.32. The van der Waals surface area contributed by atoms with E-state index in [0.717, 1.165) is 0 Å². The maximum Gasteiger partial charge on any atom is 0.344 e. The summed E-state index contributed by atoms with van der Waals surface area (Å²) in [4.78, 5) is 47.8. The molecule has 0 aromatic carbocycles. The maximum atomic E-state index is 12.2. The molecule has 0 saturated heterocycles. The highest BCUT2D eigenvalue weighted by atomic mass is 16.5. The third-order valence-corrected chi connectivity index (χ3v) is 3.69. The quantitative estimate of drug-likeness (QED) is 0.511. The van der Waals surface area contributed by atoms with Crippen LogP contribution in [0, 0.1) is 6.92 Å². The Bertz CT molecular complexity index is 863. The zero-order valence-electron chi connectivity index (χ0n) is 15.8. The Balaban J connectivity index is 1.99. The molecule has 2 aromatic heterocycles. The van der Waals surface area contributed by atoms with Gasteiger partial charge in [-0.25, -0.2) is 4.79 Å². The summed E-state index contributed by atoms with van der Waals surface area (Å²) in [6.45, 7) is 3.88. The first-order valence-electron chi connectivity index (χ1n) is 8.62. The first kappa shape index (κ1) is 20.9. The number of hydrogen-bond donors (Lipinski definition) is 1. The molecule has 0 saturated carbocycles. The van der Waals surface area contributed by atoms with E-state index in [1.807, 2.05) is 0 Å². The number of rotatable bonds is 9. The normalized spacial score (nSPS) is 10.4. The van der Waals surface area contributed by atoms with Crippen LogP contribution in [0.5, 0.6) is 0 Å². The molecule has 2 rings (SSSR count). The van der Waals surface area contributed by atoms with Crippen LogP contribution in [-0.2, 0) is 25.5 Å². The van der Waals surface area contributed by atoms with Gasteiger partial charge in [-0.05, 0) is 32.9 Å². The SMILES string of the molecule is CCOC(=O)c1c(NC(=O)COC(=O)CCc2ccco2)oc(C)c1C(C)=O. The van der Waals surface area contributed by atoms with Crippen LogP contribution in [0.4, 0.5) is 5.88 Å². The molecule has 0 radical (unpaired) electrons. The minimum Gasteiger partial charge on any atom is -0.469 e. The standard InChI is InChI=1S/C19H21NO8/c1-4-25-19(24)17-16(11(2)21)12(3)28-18(17)20-14(22)10-27-15(23)8-7-13-6-5-9-26-13/h5-6,9H,4,7-8,10H2,1-3H3,(H,20,22). The van der Waals surface area contributed by atoms with Crippen molar-refractivity contribution >= 4 is 29.5 Å². The second-order valence-corrected chi connectivity index (χ2v) is 5.80. The highest BCUT2D eigenvalue weighted by Gasteiger charge is 2.28. The molecule has 0 aliphatic heterocycles. The number of nitrogens with one attached hydrogen (secondary N) is 1. The summed E-state index contributed by atoms with van der Waals surface area (Å²) in [5, 5.41) is 2.34. The molecule has 1 amide bonds. The van der Waals surface area contributed by atoms with Crippen molar-refractivity contribution in [3.63, 3.8) is 0 Å². The Labute approximate surface area is 161 Å². The molecule has 0 bridgehead atoms. The van der Waals surface area contributed by atoms with Crippen LogP contribution in [0.2, 0.25) is 0 Å². The lowest BCUT2D eigenvalue weighted by atomic mass is 10.1. The molecule has 0 unspecified atom stereocenters. The number of carbonyl (C=O) groups excluding carboxylic acids is 4. The summed E-state index contributed by atoms with van der Waals surface area (Å²) in [6.07, 6.45) is 1.89. The number of aryl methyl sites for hydroxylation is 2. The predicted molar refractivity (Wildman–Crippen MR) is 96.0 cm³/mol. The van der Waals surface area contributed by atoms with Gasteiger partial charge in [-0.15, -0.1) is 0 Å². The minimum absolute atomic E-state index is 0.0317. The number of esters is 2. The van der Waals surface area contributed by atoms with Gasteiger partial charge in [0, 0.05) is 6.42 Å². The Kier molecular flexibility index (Phi) is 7.14. The van der Waals surface area contributed by atoms with Gasteiger partial charge < -0.3 is 18.3 Å². The summed E-state index contributed by atoms with van der Waals surface area (Å²) in [5.41, 5.74) is -0.131. The van der Waals surface area contributed by atoms with Crippen LogP contribution in [0.3, 0.4) is 0 Å². The second kappa shape index (κ2) is 9.54. The zero-order valence-corrected chi connectivity index (χ0v) is 15.8. The van der Waals surface area contributed by atoms with Crippen molar-refractivity contribution in [2.45, 2.75) is 33.6 Å². The van der Waals surface area contributed by atoms with E-state index in [2.05, 4.69) is 5.32 Å². The number of anilines is 1. The fourth-order valence-electron chi connectivity index (χ4n) is 2.52. The smallest absolute Gasteiger partial charge is 0.344 e. The van der Waals surface area contributed by atoms with Gasteiger partial charge in [-0.1, -0.05) is 0 Å². The average Bonchev–Trinajstić information content (AvgIpc) is 3.25. The van der Waals surface area contributed by atoms with Gasteiger partial charge in [0.25, 0.3) is 5.91 Å². The van der Waals surface area contributed by atoms with E-state index in [4.69, 9.17) is 18.3 Å². The lowest BCUT2D eigenvalue weighted by Crippen LogP contribution is -2.22. The molecule has 0 atom stereocenters. The second-order valence-electron chi connectivity index (χ2n) is 5.80. The Hall–Kier alpha value is -3.36. The van der Waals surface area contributed by atoms with Crippen LogP contribution < -0.4 is 5.32 Å². The maximum absolute atomic E-state index is 12.2. The van der Waals surface area contributed by atoms with Gasteiger partial charge in [-0.2, -0.15) is 0 Å². The predicted octanol–water partition coefficient (Wildman–Crippen LogP) is 2.67. The average molecular weight is 391 g/mol. The molecule has 0 aliphatic rings. The van der Waals surface area contributed by atoms with Gasteiger partial charge >= 0.3 is 11.9 Å². The third-order valence-electron chi connectivity index (χ3n) is 3.69. The van der Waals surface area contributed by atoms with E-state index in [0.29, 0.717) is 12.2 Å². The van der Waals surface area contributed by atoms with Gasteiger partial charge in [-0.3, -0.25) is 19.7 Å². The molecule has 9 nitrogen and oxygen atoms in total. The summed E-state index contributed by atoms with van der Waals surface area (Å²) < 4.78 is 20.3. The Morgan fingerprint density at radius 1 is 1.14 bits per heavy atom. The zero-order chi connectivity index (χ0) is 20.7. The van der Waals surface area contributed by atoms with Crippen LogP contribution in [-0.4, -0.2) is 36.8 Å². The van der Waals surface area contributed by atoms with Crippen molar-refractivity contribution in [1.29, 1.82) is 0 Å². The first-order chi connectivity index (χ1) is 13.3. The van der Waals surface area contributed by atoms with E-state index in [9.17, 15) is 19.2 Å². The van der Waals surface area contributed by atoms with E-state index < -0.39 is 30.2 Å². The topological polar surface area (TPSA) is 125 Å². The van der Waals surface area contributed by atoms with Crippen molar-refractivity contribution < 1.29 is 37.5 Å². The number of furan rings is 2. The molecular formula is C19H21NO8. The number of hydrogen-bond acceptors (Lipinski definition) is 8. The van der Waals surface area contributed by atoms with Gasteiger partial charge in [0.15, 0.2) is 12.4 Å². The molecule has 0 spiro atoms. The van der Waals surface area contributed by atoms with Crippen LogP contribution in [0.25, 0.3) is 0 Å². The van der Waals surface area contributed by atoms with Gasteiger partial charge in [0.05, 0.1) is 24.9 Å². The monoisotopic (exact) mass is 391 g/mol. The molecule has 1 N–H and O–H groups in total. The summed E-state index contributed by atoms with van der Waals surface area (Å²) in [6, 6.07) is 3.43. The molecule has 150 valence electrons. The van der Waals surface area contributed by atoms with Crippen molar-refractivity contribution in [1.82, 2.24) is 0 Å². The van der Waals surface area contributed by atoms with Crippen molar-refractivity contribution in [2.24, 2.45) is 0 Å². The lowest BCUT2D eigenvalue weighted by Gasteiger charge is -2.07. The van der Waals surface area contributed by atoms with Crippen LogP contribution >= 0.6 is 0 Å². The lowest BCUT2D eigenvalue weighted by molar-refractivity contribution is -0.147. The highest BCUT2D eigenvalue weighted by Crippen LogP contribution is 2.28. The fourth-order valence-corrected chi connectivity index (χ4v) is 2.52. The van der Waals surface area contributed by atoms with E-state index in [1.165, 1.54) is 20.1 Å². The van der Waals surface area contributed by atoms with E-state index in [1.54, 1.807) is 19.1 Å². The molecule has 2 heterocycles.